The van der Waals surface area contributed by atoms with Crippen molar-refractivity contribution in [3.63, 3.8) is 0 Å². The van der Waals surface area contributed by atoms with Gasteiger partial charge in [0.25, 0.3) is 5.91 Å². The summed E-state index contributed by atoms with van der Waals surface area (Å²) in [6, 6.07) is 4.89. The van der Waals surface area contributed by atoms with E-state index < -0.39 is 12.1 Å². The van der Waals surface area contributed by atoms with E-state index >= 15 is 0 Å². The van der Waals surface area contributed by atoms with Crippen molar-refractivity contribution in [2.24, 2.45) is 5.92 Å². The fourth-order valence-electron chi connectivity index (χ4n) is 2.80. The van der Waals surface area contributed by atoms with Gasteiger partial charge < -0.3 is 10.1 Å². The molecule has 23 heavy (non-hydrogen) atoms. The molecule has 1 saturated carbocycles. The predicted octanol–water partition coefficient (Wildman–Crippen LogP) is 4.23. The molecule has 4 nitrogen and oxygen atoms in total. The highest BCUT2D eigenvalue weighted by Gasteiger charge is 2.27. The number of hydrogen-bond acceptors (Lipinski definition) is 3. The SMILES string of the molecule is C[C@@H]1CCCC[C@@H]1NC(=O)[C@@H](C)OC(=O)c1c(Cl)cccc1Cl. The predicted molar refractivity (Wildman–Crippen MR) is 90.9 cm³/mol. The quantitative estimate of drug-likeness (QED) is 0.820. The van der Waals surface area contributed by atoms with Crippen molar-refractivity contribution in [3.05, 3.63) is 33.8 Å². The summed E-state index contributed by atoms with van der Waals surface area (Å²) in [6.45, 7) is 3.68. The van der Waals surface area contributed by atoms with Crippen molar-refractivity contribution in [1.82, 2.24) is 5.32 Å². The van der Waals surface area contributed by atoms with Gasteiger partial charge in [0.15, 0.2) is 6.10 Å². The van der Waals surface area contributed by atoms with Crippen molar-refractivity contribution in [3.8, 4) is 0 Å². The zero-order valence-corrected chi connectivity index (χ0v) is 14.8. The zero-order valence-electron chi connectivity index (χ0n) is 13.3. The molecule has 6 heteroatoms. The third kappa shape index (κ3) is 4.61. The van der Waals surface area contributed by atoms with Crippen LogP contribution in [0.2, 0.25) is 10.0 Å². The summed E-state index contributed by atoms with van der Waals surface area (Å²) in [7, 11) is 0. The van der Waals surface area contributed by atoms with Gasteiger partial charge >= 0.3 is 5.97 Å². The maximum atomic E-state index is 12.2. The molecule has 0 aliphatic heterocycles. The van der Waals surface area contributed by atoms with Crippen LogP contribution in [-0.2, 0) is 9.53 Å². The number of carbonyl (C=O) groups is 2. The van der Waals surface area contributed by atoms with Crippen molar-refractivity contribution in [1.29, 1.82) is 0 Å². The molecule has 0 radical (unpaired) electrons. The Kier molecular flexibility index (Phi) is 6.31. The summed E-state index contributed by atoms with van der Waals surface area (Å²) < 4.78 is 5.22. The lowest BCUT2D eigenvalue weighted by atomic mass is 9.86. The fourth-order valence-corrected chi connectivity index (χ4v) is 3.35. The first-order chi connectivity index (χ1) is 10.9. The van der Waals surface area contributed by atoms with Gasteiger partial charge in [-0.3, -0.25) is 4.79 Å². The minimum atomic E-state index is -0.899. The lowest BCUT2D eigenvalue weighted by Gasteiger charge is -2.30. The van der Waals surface area contributed by atoms with Crippen LogP contribution >= 0.6 is 23.2 Å². The minimum Gasteiger partial charge on any atom is -0.449 e. The Morgan fingerprint density at radius 2 is 1.83 bits per heavy atom. The Morgan fingerprint density at radius 1 is 1.22 bits per heavy atom. The molecule has 1 aromatic carbocycles. The van der Waals surface area contributed by atoms with E-state index in [4.69, 9.17) is 27.9 Å². The lowest BCUT2D eigenvalue weighted by molar-refractivity contribution is -0.130. The fraction of sp³-hybridized carbons (Fsp3) is 0.529. The van der Waals surface area contributed by atoms with Gasteiger partial charge in [-0.2, -0.15) is 0 Å². The Bertz CT molecular complexity index is 571. The summed E-state index contributed by atoms with van der Waals surface area (Å²) >= 11 is 12.0. The van der Waals surface area contributed by atoms with Crippen molar-refractivity contribution < 1.29 is 14.3 Å². The monoisotopic (exact) mass is 357 g/mol. The van der Waals surface area contributed by atoms with Gasteiger partial charge in [0.2, 0.25) is 0 Å². The van der Waals surface area contributed by atoms with E-state index in [9.17, 15) is 9.59 Å². The molecular formula is C17H21Cl2NO3. The van der Waals surface area contributed by atoms with Gasteiger partial charge in [0.1, 0.15) is 0 Å². The van der Waals surface area contributed by atoms with Gasteiger partial charge in [0.05, 0.1) is 15.6 Å². The van der Waals surface area contributed by atoms with Crippen LogP contribution in [0.5, 0.6) is 0 Å². The second-order valence-electron chi connectivity index (χ2n) is 6.02. The van der Waals surface area contributed by atoms with Gasteiger partial charge in [-0.05, 0) is 37.8 Å². The third-order valence-electron chi connectivity index (χ3n) is 4.26. The molecular weight excluding hydrogens is 337 g/mol. The highest BCUT2D eigenvalue weighted by atomic mass is 35.5. The number of esters is 1. The number of benzene rings is 1. The van der Waals surface area contributed by atoms with Gasteiger partial charge in [-0.25, -0.2) is 4.79 Å². The topological polar surface area (TPSA) is 55.4 Å². The standard InChI is InChI=1S/C17H21Cl2NO3/c1-10-6-3-4-9-14(10)20-16(21)11(2)23-17(22)15-12(18)7-5-8-13(15)19/h5,7-8,10-11,14H,3-4,6,9H2,1-2H3,(H,20,21)/t10-,11-,14+/m1/s1. The Balaban J connectivity index is 1.96. The third-order valence-corrected chi connectivity index (χ3v) is 4.89. The van der Waals surface area contributed by atoms with Crippen molar-refractivity contribution in [2.45, 2.75) is 51.7 Å². The van der Waals surface area contributed by atoms with E-state index in [1.807, 2.05) is 0 Å². The average molecular weight is 358 g/mol. The van der Waals surface area contributed by atoms with E-state index in [1.165, 1.54) is 6.42 Å². The average Bonchev–Trinajstić information content (AvgIpc) is 2.49. The second kappa shape index (κ2) is 8.02. The molecule has 0 saturated heterocycles. The van der Waals surface area contributed by atoms with Crippen LogP contribution in [0.1, 0.15) is 49.9 Å². The lowest BCUT2D eigenvalue weighted by Crippen LogP contribution is -2.46. The maximum Gasteiger partial charge on any atom is 0.341 e. The molecule has 1 amide bonds. The van der Waals surface area contributed by atoms with E-state index in [2.05, 4.69) is 12.2 Å². The van der Waals surface area contributed by atoms with Crippen LogP contribution in [0.25, 0.3) is 0 Å². The maximum absolute atomic E-state index is 12.2. The first kappa shape index (κ1) is 18.1. The molecule has 1 aliphatic carbocycles. The molecule has 2 rings (SSSR count). The number of halogens is 2. The van der Waals surface area contributed by atoms with Crippen LogP contribution in [0, 0.1) is 5.92 Å². The Morgan fingerprint density at radius 3 is 2.43 bits per heavy atom. The van der Waals surface area contributed by atoms with E-state index in [1.54, 1.807) is 25.1 Å². The highest BCUT2D eigenvalue weighted by molar-refractivity contribution is 6.39. The normalized spacial score (nSPS) is 22.3. The van der Waals surface area contributed by atoms with Crippen LogP contribution in [0.4, 0.5) is 0 Å². The number of rotatable bonds is 4. The molecule has 1 N–H and O–H groups in total. The van der Waals surface area contributed by atoms with E-state index in [-0.39, 0.29) is 27.6 Å². The van der Waals surface area contributed by atoms with E-state index in [0.29, 0.717) is 5.92 Å². The van der Waals surface area contributed by atoms with Crippen LogP contribution in [0.15, 0.2) is 18.2 Å². The molecule has 0 spiro atoms. The Labute approximate surface area is 146 Å². The largest absolute Gasteiger partial charge is 0.449 e. The molecule has 1 aromatic rings. The minimum absolute atomic E-state index is 0.0847. The second-order valence-corrected chi connectivity index (χ2v) is 6.84. The molecule has 0 unspecified atom stereocenters. The number of hydrogen-bond donors (Lipinski definition) is 1. The van der Waals surface area contributed by atoms with Crippen LogP contribution in [0.3, 0.4) is 0 Å². The number of ether oxygens (including phenoxy) is 1. The van der Waals surface area contributed by atoms with Gasteiger partial charge in [-0.15, -0.1) is 0 Å². The van der Waals surface area contributed by atoms with Crippen LogP contribution in [-0.4, -0.2) is 24.0 Å². The van der Waals surface area contributed by atoms with Gasteiger partial charge in [0, 0.05) is 6.04 Å². The molecule has 3 atom stereocenters. The first-order valence-electron chi connectivity index (χ1n) is 7.85. The van der Waals surface area contributed by atoms with Gasteiger partial charge in [-0.1, -0.05) is 49.0 Å². The number of amides is 1. The first-order valence-corrected chi connectivity index (χ1v) is 8.61. The molecule has 1 aliphatic rings. The van der Waals surface area contributed by atoms with E-state index in [0.717, 1.165) is 19.3 Å². The summed E-state index contributed by atoms with van der Waals surface area (Å²) in [4.78, 5) is 24.4. The Hall–Kier alpha value is -1.26. The van der Waals surface area contributed by atoms with Crippen LogP contribution < -0.4 is 5.32 Å². The molecule has 126 valence electrons. The molecule has 1 fully saturated rings. The summed E-state index contributed by atoms with van der Waals surface area (Å²) in [5, 5.41) is 3.38. The summed E-state index contributed by atoms with van der Waals surface area (Å²) in [5.74, 6) is -0.547. The molecule has 0 bridgehead atoms. The van der Waals surface area contributed by atoms with Crippen molar-refractivity contribution in [2.75, 3.05) is 0 Å². The highest BCUT2D eigenvalue weighted by Crippen LogP contribution is 2.26. The zero-order chi connectivity index (χ0) is 17.0. The number of carbonyl (C=O) groups excluding carboxylic acids is 2. The smallest absolute Gasteiger partial charge is 0.341 e. The van der Waals surface area contributed by atoms with Crippen molar-refractivity contribution >= 4 is 35.1 Å². The summed E-state index contributed by atoms with van der Waals surface area (Å²) in [6.07, 6.45) is 3.48. The number of nitrogens with one attached hydrogen (secondary N) is 1. The molecule has 0 aromatic heterocycles. The summed E-state index contributed by atoms with van der Waals surface area (Å²) in [5.41, 5.74) is 0.0847. The molecule has 0 heterocycles.